The molecule has 0 N–H and O–H groups in total. The van der Waals surface area contributed by atoms with Gasteiger partial charge in [0, 0.05) is 11.5 Å². The van der Waals surface area contributed by atoms with Crippen molar-refractivity contribution in [1.82, 2.24) is 0 Å². The van der Waals surface area contributed by atoms with Gasteiger partial charge in [0.15, 0.2) is 0 Å². The lowest BCUT2D eigenvalue weighted by Gasteiger charge is -2.38. The average Bonchev–Trinajstić information content (AvgIpc) is 3.35. The molecule has 0 aromatic heterocycles. The Hall–Kier alpha value is -2.29. The summed E-state index contributed by atoms with van der Waals surface area (Å²) in [5.41, 5.74) is 2.67. The van der Waals surface area contributed by atoms with Crippen molar-refractivity contribution in [3.8, 4) is 5.75 Å². The van der Waals surface area contributed by atoms with Crippen LogP contribution in [-0.2, 0) is 10.5 Å². The van der Waals surface area contributed by atoms with E-state index in [9.17, 15) is 4.79 Å². The minimum Gasteiger partial charge on any atom is -0.461 e. The number of rotatable bonds is 1. The Bertz CT molecular complexity index is 889. The first kappa shape index (κ1) is 13.9. The highest BCUT2D eigenvalue weighted by Crippen LogP contribution is 2.67. The molecule has 2 aliphatic heterocycles. The SMILES string of the molecule is Cc1ccc([C@@]23Oc4ccccc4N2C(=O)[C@@H]2[C@H]4CC[C@H](C4)[C@@H]23)cc1. The molecule has 0 unspecified atom stereocenters. The average molecular weight is 331 g/mol. The monoisotopic (exact) mass is 331 g/mol. The third-order valence-electron chi connectivity index (χ3n) is 7.04. The van der Waals surface area contributed by atoms with Crippen LogP contribution in [0.25, 0.3) is 0 Å². The molecule has 2 aromatic rings. The summed E-state index contributed by atoms with van der Waals surface area (Å²) in [6.07, 6.45) is 3.64. The lowest BCUT2D eigenvalue weighted by molar-refractivity contribution is -0.122. The fourth-order valence-corrected chi connectivity index (χ4v) is 6.15. The molecule has 3 fully saturated rings. The van der Waals surface area contributed by atoms with E-state index in [1.165, 1.54) is 24.8 Å². The van der Waals surface area contributed by atoms with E-state index in [-0.39, 0.29) is 17.7 Å². The van der Waals surface area contributed by atoms with Gasteiger partial charge in [-0.3, -0.25) is 9.69 Å². The molecule has 3 nitrogen and oxygen atoms in total. The van der Waals surface area contributed by atoms with Crippen molar-refractivity contribution in [2.45, 2.75) is 31.9 Å². The van der Waals surface area contributed by atoms with Crippen molar-refractivity contribution in [2.24, 2.45) is 23.7 Å². The molecule has 3 heteroatoms. The lowest BCUT2D eigenvalue weighted by atomic mass is 9.74. The van der Waals surface area contributed by atoms with Gasteiger partial charge >= 0.3 is 0 Å². The zero-order valence-electron chi connectivity index (χ0n) is 14.3. The standard InChI is InChI=1S/C22H21NO2/c1-13-6-10-16(11-7-13)22-20-15-9-8-14(12-15)19(20)21(24)23(22)17-4-2-3-5-18(17)25-22/h2-7,10-11,14-15,19-20H,8-9,12H2,1H3/t14-,15+,19+,20-,22-/m0/s1. The van der Waals surface area contributed by atoms with E-state index in [1.807, 2.05) is 29.2 Å². The largest absolute Gasteiger partial charge is 0.461 e. The molecule has 2 aliphatic carbocycles. The topological polar surface area (TPSA) is 29.5 Å². The Labute approximate surface area is 147 Å². The van der Waals surface area contributed by atoms with Crippen LogP contribution < -0.4 is 9.64 Å². The van der Waals surface area contributed by atoms with Crippen LogP contribution in [0.4, 0.5) is 5.69 Å². The van der Waals surface area contributed by atoms with Crippen LogP contribution >= 0.6 is 0 Å². The van der Waals surface area contributed by atoms with Crippen LogP contribution in [0, 0.1) is 30.6 Å². The third kappa shape index (κ3) is 1.51. The molecule has 0 radical (unpaired) electrons. The Morgan fingerprint density at radius 2 is 1.80 bits per heavy atom. The van der Waals surface area contributed by atoms with Crippen LogP contribution in [0.2, 0.25) is 0 Å². The van der Waals surface area contributed by atoms with E-state index >= 15 is 0 Å². The second-order valence-corrected chi connectivity index (χ2v) is 8.19. The van der Waals surface area contributed by atoms with Crippen LogP contribution in [-0.4, -0.2) is 5.91 Å². The highest BCUT2D eigenvalue weighted by molar-refractivity contribution is 6.02. The lowest BCUT2D eigenvalue weighted by Crippen LogP contribution is -2.49. The second kappa shape index (κ2) is 4.46. The molecule has 1 amide bonds. The molecule has 25 heavy (non-hydrogen) atoms. The molecular weight excluding hydrogens is 310 g/mol. The minimum atomic E-state index is -0.640. The number of para-hydroxylation sites is 2. The Kier molecular flexibility index (Phi) is 2.48. The predicted octanol–water partition coefficient (Wildman–Crippen LogP) is 4.25. The molecule has 0 spiro atoms. The van der Waals surface area contributed by atoms with Gasteiger partial charge in [0.05, 0.1) is 11.6 Å². The number of hydrogen-bond acceptors (Lipinski definition) is 2. The fourth-order valence-electron chi connectivity index (χ4n) is 6.15. The van der Waals surface area contributed by atoms with Gasteiger partial charge in [0.25, 0.3) is 0 Å². The Morgan fingerprint density at radius 1 is 1.04 bits per heavy atom. The molecule has 6 rings (SSSR count). The van der Waals surface area contributed by atoms with E-state index in [2.05, 4.69) is 31.2 Å². The normalized spacial score (nSPS) is 37.0. The van der Waals surface area contributed by atoms with Crippen molar-refractivity contribution >= 4 is 11.6 Å². The molecular formula is C22H21NO2. The van der Waals surface area contributed by atoms with Crippen molar-refractivity contribution < 1.29 is 9.53 Å². The minimum absolute atomic E-state index is 0.133. The van der Waals surface area contributed by atoms with Crippen molar-refractivity contribution in [3.05, 3.63) is 59.7 Å². The van der Waals surface area contributed by atoms with E-state index in [4.69, 9.17) is 4.74 Å². The number of fused-ring (bicyclic) bond motifs is 9. The zero-order valence-corrected chi connectivity index (χ0v) is 14.3. The maximum absolute atomic E-state index is 13.5. The number of carbonyl (C=O) groups is 1. The Morgan fingerprint density at radius 3 is 2.64 bits per heavy atom. The quantitative estimate of drug-likeness (QED) is 0.782. The van der Waals surface area contributed by atoms with Crippen LogP contribution in [0.3, 0.4) is 0 Å². The number of anilines is 1. The van der Waals surface area contributed by atoms with Crippen molar-refractivity contribution in [3.63, 3.8) is 0 Å². The molecule has 2 bridgehead atoms. The summed E-state index contributed by atoms with van der Waals surface area (Å²) in [5, 5.41) is 0. The summed E-state index contributed by atoms with van der Waals surface area (Å²) >= 11 is 0. The van der Waals surface area contributed by atoms with Gasteiger partial charge in [-0.25, -0.2) is 0 Å². The van der Waals surface area contributed by atoms with Crippen LogP contribution in [0.1, 0.15) is 30.4 Å². The Balaban J connectivity index is 1.62. The van der Waals surface area contributed by atoms with E-state index < -0.39 is 5.72 Å². The summed E-state index contributed by atoms with van der Waals surface area (Å²) < 4.78 is 6.69. The number of amides is 1. The van der Waals surface area contributed by atoms with Gasteiger partial charge in [0.2, 0.25) is 11.6 Å². The van der Waals surface area contributed by atoms with Crippen LogP contribution in [0.5, 0.6) is 5.75 Å². The molecule has 2 saturated carbocycles. The molecule has 1 saturated heterocycles. The number of carbonyl (C=O) groups excluding carboxylic acids is 1. The number of nitrogens with zero attached hydrogens (tertiary/aromatic N) is 1. The van der Waals surface area contributed by atoms with Crippen molar-refractivity contribution in [2.75, 3.05) is 4.90 Å². The van der Waals surface area contributed by atoms with Gasteiger partial charge in [-0.05, 0) is 50.2 Å². The molecule has 4 aliphatic rings. The second-order valence-electron chi connectivity index (χ2n) is 8.19. The van der Waals surface area contributed by atoms with Gasteiger partial charge in [-0.1, -0.05) is 42.0 Å². The van der Waals surface area contributed by atoms with E-state index in [0.717, 1.165) is 17.0 Å². The molecule has 5 atom stereocenters. The zero-order chi connectivity index (χ0) is 16.8. The summed E-state index contributed by atoms with van der Waals surface area (Å²) in [7, 11) is 0. The maximum atomic E-state index is 13.5. The van der Waals surface area contributed by atoms with Gasteiger partial charge in [0.1, 0.15) is 5.75 Å². The first-order chi connectivity index (χ1) is 12.2. The molecule has 2 aromatic carbocycles. The number of ether oxygens (including phenoxy) is 1. The number of hydrogen-bond donors (Lipinski definition) is 0. The smallest absolute Gasteiger partial charge is 0.234 e. The van der Waals surface area contributed by atoms with E-state index in [0.29, 0.717) is 11.8 Å². The molecule has 2 heterocycles. The number of benzene rings is 2. The first-order valence-electron chi connectivity index (χ1n) is 9.39. The summed E-state index contributed by atoms with van der Waals surface area (Å²) in [5.74, 6) is 2.67. The summed E-state index contributed by atoms with van der Waals surface area (Å²) in [4.78, 5) is 15.5. The fraction of sp³-hybridized carbons (Fsp3) is 0.409. The summed E-state index contributed by atoms with van der Waals surface area (Å²) in [6.45, 7) is 2.10. The van der Waals surface area contributed by atoms with Gasteiger partial charge < -0.3 is 4.74 Å². The predicted molar refractivity (Wildman–Crippen MR) is 95.2 cm³/mol. The van der Waals surface area contributed by atoms with Gasteiger partial charge in [-0.15, -0.1) is 0 Å². The first-order valence-corrected chi connectivity index (χ1v) is 9.39. The highest BCUT2D eigenvalue weighted by atomic mass is 16.5. The highest BCUT2D eigenvalue weighted by Gasteiger charge is 2.72. The van der Waals surface area contributed by atoms with Crippen LogP contribution in [0.15, 0.2) is 48.5 Å². The number of aryl methyl sites for hydroxylation is 1. The van der Waals surface area contributed by atoms with E-state index in [1.54, 1.807) is 0 Å². The third-order valence-corrected chi connectivity index (χ3v) is 7.04. The van der Waals surface area contributed by atoms with Crippen molar-refractivity contribution in [1.29, 1.82) is 0 Å². The van der Waals surface area contributed by atoms with Gasteiger partial charge in [-0.2, -0.15) is 0 Å². The molecule has 126 valence electrons. The maximum Gasteiger partial charge on any atom is 0.234 e. The summed E-state index contributed by atoms with van der Waals surface area (Å²) in [6, 6.07) is 16.6.